The zero-order chi connectivity index (χ0) is 16.9. The van der Waals surface area contributed by atoms with Gasteiger partial charge in [-0.1, -0.05) is 29.8 Å². The van der Waals surface area contributed by atoms with Crippen molar-refractivity contribution in [1.82, 2.24) is 4.98 Å². The molecule has 0 amide bonds. The molecular formula is C18H13FN4S. The molecule has 0 aliphatic heterocycles. The fourth-order valence-corrected chi connectivity index (χ4v) is 2.77. The summed E-state index contributed by atoms with van der Waals surface area (Å²) in [5.41, 5.74) is 6.50. The second-order valence-corrected chi connectivity index (χ2v) is 5.95. The van der Waals surface area contributed by atoms with E-state index in [9.17, 15) is 9.65 Å². The van der Waals surface area contributed by atoms with Gasteiger partial charge in [-0.25, -0.2) is 9.37 Å². The van der Waals surface area contributed by atoms with Gasteiger partial charge in [0.1, 0.15) is 11.9 Å². The fraction of sp³-hybridized carbons (Fsp3) is 0.0556. The average Bonchev–Trinajstić information content (AvgIpc) is 3.08. The highest BCUT2D eigenvalue weighted by Crippen LogP contribution is 2.22. The third-order valence-electron chi connectivity index (χ3n) is 3.30. The maximum atomic E-state index is 12.9. The van der Waals surface area contributed by atoms with Crippen LogP contribution >= 0.6 is 11.3 Å². The molecule has 0 saturated carbocycles. The van der Waals surface area contributed by atoms with Crippen molar-refractivity contribution in [3.05, 3.63) is 70.3 Å². The number of nitriles is 1. The molecule has 118 valence electrons. The largest absolute Gasteiger partial charge is 0.277 e. The van der Waals surface area contributed by atoms with Crippen molar-refractivity contribution in [1.29, 1.82) is 5.26 Å². The minimum Gasteiger partial charge on any atom is -0.277 e. The molecular weight excluding hydrogens is 323 g/mol. The lowest BCUT2D eigenvalue weighted by Crippen LogP contribution is -2.01. The standard InChI is InChI=1S/C18H13FN4S/c1-12-2-4-13(5-3-12)17-11-24-18(21-17)16(10-20)23-22-15-8-6-14(19)7-9-15/h2-9,11,22H,1H3/b23-16+. The molecule has 3 rings (SSSR count). The smallest absolute Gasteiger partial charge is 0.196 e. The van der Waals surface area contributed by atoms with E-state index >= 15 is 0 Å². The number of hydrogen-bond acceptors (Lipinski definition) is 5. The normalized spacial score (nSPS) is 11.1. The van der Waals surface area contributed by atoms with E-state index in [4.69, 9.17) is 0 Å². The Hall–Kier alpha value is -3.04. The molecule has 2 aromatic carbocycles. The predicted molar refractivity (Wildman–Crippen MR) is 94.5 cm³/mol. The summed E-state index contributed by atoms with van der Waals surface area (Å²) in [7, 11) is 0. The van der Waals surface area contributed by atoms with Gasteiger partial charge in [-0.2, -0.15) is 10.4 Å². The lowest BCUT2D eigenvalue weighted by atomic mass is 10.1. The number of rotatable bonds is 4. The van der Waals surface area contributed by atoms with Crippen LogP contribution in [0.2, 0.25) is 0 Å². The number of aromatic nitrogens is 1. The molecule has 0 radical (unpaired) electrons. The summed E-state index contributed by atoms with van der Waals surface area (Å²) in [4.78, 5) is 4.47. The minimum atomic E-state index is -0.326. The van der Waals surface area contributed by atoms with Gasteiger partial charge < -0.3 is 0 Å². The van der Waals surface area contributed by atoms with Crippen LogP contribution < -0.4 is 5.43 Å². The lowest BCUT2D eigenvalue weighted by molar-refractivity contribution is 0.628. The Morgan fingerprint density at radius 1 is 1.17 bits per heavy atom. The number of hydrogen-bond donors (Lipinski definition) is 1. The second kappa shape index (κ2) is 7.02. The summed E-state index contributed by atoms with van der Waals surface area (Å²) in [6.45, 7) is 2.03. The quantitative estimate of drug-likeness (QED) is 0.559. The lowest BCUT2D eigenvalue weighted by Gasteiger charge is -2.00. The van der Waals surface area contributed by atoms with Gasteiger partial charge >= 0.3 is 0 Å². The highest BCUT2D eigenvalue weighted by molar-refractivity contribution is 7.12. The maximum absolute atomic E-state index is 12.9. The predicted octanol–water partition coefficient (Wildman–Crippen LogP) is 4.60. The Balaban J connectivity index is 1.81. The topological polar surface area (TPSA) is 61.1 Å². The van der Waals surface area contributed by atoms with E-state index in [0.717, 1.165) is 11.3 Å². The Kier molecular flexibility index (Phi) is 4.64. The van der Waals surface area contributed by atoms with Crippen LogP contribution in [0.25, 0.3) is 11.3 Å². The third-order valence-corrected chi connectivity index (χ3v) is 4.15. The van der Waals surface area contributed by atoms with Crippen LogP contribution in [0.4, 0.5) is 10.1 Å². The number of nitrogens with one attached hydrogen (secondary N) is 1. The fourth-order valence-electron chi connectivity index (χ4n) is 2.00. The molecule has 0 saturated heterocycles. The number of anilines is 1. The summed E-state index contributed by atoms with van der Waals surface area (Å²) in [6.07, 6.45) is 0. The summed E-state index contributed by atoms with van der Waals surface area (Å²) in [6, 6.07) is 15.8. The van der Waals surface area contributed by atoms with E-state index in [1.54, 1.807) is 12.1 Å². The van der Waals surface area contributed by atoms with Crippen LogP contribution in [0.15, 0.2) is 59.0 Å². The molecule has 1 heterocycles. The van der Waals surface area contributed by atoms with Gasteiger partial charge in [-0.05, 0) is 31.2 Å². The van der Waals surface area contributed by atoms with E-state index in [0.29, 0.717) is 10.7 Å². The summed E-state index contributed by atoms with van der Waals surface area (Å²) < 4.78 is 12.9. The maximum Gasteiger partial charge on any atom is 0.196 e. The molecule has 0 aliphatic rings. The van der Waals surface area contributed by atoms with Crippen molar-refractivity contribution in [3.8, 4) is 17.3 Å². The van der Waals surface area contributed by atoms with E-state index < -0.39 is 0 Å². The van der Waals surface area contributed by atoms with E-state index in [2.05, 4.69) is 15.5 Å². The Morgan fingerprint density at radius 2 is 1.88 bits per heavy atom. The number of hydrazone groups is 1. The highest BCUT2D eigenvalue weighted by atomic mass is 32.1. The first kappa shape index (κ1) is 15.8. The number of thiazole rings is 1. The Labute approximate surface area is 142 Å². The van der Waals surface area contributed by atoms with E-state index in [-0.39, 0.29) is 11.5 Å². The highest BCUT2D eigenvalue weighted by Gasteiger charge is 2.10. The van der Waals surface area contributed by atoms with Crippen LogP contribution in [0.5, 0.6) is 0 Å². The molecule has 1 N–H and O–H groups in total. The van der Waals surface area contributed by atoms with Crippen LogP contribution in [-0.4, -0.2) is 10.7 Å². The molecule has 3 aromatic rings. The molecule has 0 spiro atoms. The van der Waals surface area contributed by atoms with Gasteiger partial charge in [-0.15, -0.1) is 11.3 Å². The van der Waals surface area contributed by atoms with E-state index in [1.165, 1.54) is 29.0 Å². The summed E-state index contributed by atoms with van der Waals surface area (Å²) >= 11 is 1.35. The second-order valence-electron chi connectivity index (χ2n) is 5.09. The molecule has 24 heavy (non-hydrogen) atoms. The van der Waals surface area contributed by atoms with Crippen molar-refractivity contribution in [2.45, 2.75) is 6.92 Å². The molecule has 0 atom stereocenters. The van der Waals surface area contributed by atoms with Crippen molar-refractivity contribution in [2.24, 2.45) is 5.10 Å². The monoisotopic (exact) mass is 336 g/mol. The van der Waals surface area contributed by atoms with Crippen molar-refractivity contribution < 1.29 is 4.39 Å². The van der Waals surface area contributed by atoms with Gasteiger partial charge in [0.15, 0.2) is 10.7 Å². The van der Waals surface area contributed by atoms with Gasteiger partial charge in [0, 0.05) is 10.9 Å². The summed E-state index contributed by atoms with van der Waals surface area (Å²) in [5.74, 6) is -0.326. The first-order valence-corrected chi connectivity index (χ1v) is 8.06. The van der Waals surface area contributed by atoms with Crippen molar-refractivity contribution in [3.63, 3.8) is 0 Å². The molecule has 0 bridgehead atoms. The number of benzene rings is 2. The van der Waals surface area contributed by atoms with Crippen molar-refractivity contribution >= 4 is 22.7 Å². The molecule has 6 heteroatoms. The zero-order valence-electron chi connectivity index (χ0n) is 12.8. The van der Waals surface area contributed by atoms with Crippen LogP contribution in [-0.2, 0) is 0 Å². The molecule has 0 fully saturated rings. The van der Waals surface area contributed by atoms with E-state index in [1.807, 2.05) is 42.6 Å². The number of halogens is 1. The Bertz CT molecular complexity index is 905. The van der Waals surface area contributed by atoms with Crippen LogP contribution in [0.3, 0.4) is 0 Å². The Morgan fingerprint density at radius 3 is 2.54 bits per heavy atom. The number of aryl methyl sites for hydroxylation is 1. The number of nitrogens with zero attached hydrogens (tertiary/aromatic N) is 3. The van der Waals surface area contributed by atoms with Gasteiger partial charge in [0.05, 0.1) is 11.4 Å². The first-order chi connectivity index (χ1) is 11.7. The zero-order valence-corrected chi connectivity index (χ0v) is 13.6. The molecule has 4 nitrogen and oxygen atoms in total. The molecule has 1 aromatic heterocycles. The van der Waals surface area contributed by atoms with Crippen LogP contribution in [0, 0.1) is 24.1 Å². The van der Waals surface area contributed by atoms with Crippen molar-refractivity contribution in [2.75, 3.05) is 5.43 Å². The van der Waals surface area contributed by atoms with Crippen LogP contribution in [0.1, 0.15) is 10.6 Å². The SMILES string of the molecule is Cc1ccc(-c2csc(/C(C#N)=N/Nc3ccc(F)cc3)n2)cc1. The average molecular weight is 336 g/mol. The summed E-state index contributed by atoms with van der Waals surface area (Å²) in [5, 5.41) is 15.8. The minimum absolute atomic E-state index is 0.183. The molecule has 0 unspecified atom stereocenters. The van der Waals surface area contributed by atoms with Gasteiger partial charge in [-0.3, -0.25) is 5.43 Å². The third kappa shape index (κ3) is 3.65. The first-order valence-electron chi connectivity index (χ1n) is 7.18. The van der Waals surface area contributed by atoms with Gasteiger partial charge in [0.2, 0.25) is 0 Å². The molecule has 0 aliphatic carbocycles. The van der Waals surface area contributed by atoms with Gasteiger partial charge in [0.25, 0.3) is 0 Å².